The van der Waals surface area contributed by atoms with Crippen molar-refractivity contribution in [2.45, 2.75) is 44.6 Å². The minimum absolute atomic E-state index is 0.120. The van der Waals surface area contributed by atoms with Crippen molar-refractivity contribution in [1.29, 1.82) is 0 Å². The maximum atomic E-state index is 13.7. The van der Waals surface area contributed by atoms with Crippen LogP contribution < -0.4 is 21.5 Å². The lowest BCUT2D eigenvalue weighted by atomic mass is 9.84. The average Bonchev–Trinajstić information content (AvgIpc) is 3.00. The molecule has 1 aliphatic rings. The van der Waals surface area contributed by atoms with Crippen molar-refractivity contribution in [3.05, 3.63) is 82.4 Å². The number of nitrogens with two attached hydrogens (primary N) is 2. The van der Waals surface area contributed by atoms with Gasteiger partial charge in [-0.1, -0.05) is 36.4 Å². The molecule has 0 radical (unpaired) electrons. The molecule has 10 heteroatoms. The van der Waals surface area contributed by atoms with Gasteiger partial charge in [-0.15, -0.1) is 0 Å². The molecule has 0 aromatic heterocycles. The fraction of sp³-hybridized carbons (Fsp3) is 0.367. The van der Waals surface area contributed by atoms with Gasteiger partial charge in [-0.2, -0.15) is 4.31 Å². The lowest BCUT2D eigenvalue weighted by Crippen LogP contribution is -2.33. The molecular formula is C30H39N5O4S. The van der Waals surface area contributed by atoms with Gasteiger partial charge in [0.2, 0.25) is 10.0 Å². The van der Waals surface area contributed by atoms with Gasteiger partial charge in [0.25, 0.3) is 0 Å². The Morgan fingerprint density at radius 2 is 1.82 bits per heavy atom. The molecule has 1 aliphatic heterocycles. The van der Waals surface area contributed by atoms with Crippen LogP contribution in [0, 0.1) is 13.8 Å². The van der Waals surface area contributed by atoms with E-state index in [9.17, 15) is 13.2 Å². The molecule has 0 amide bonds. The van der Waals surface area contributed by atoms with Crippen LogP contribution in [-0.2, 0) is 26.1 Å². The van der Waals surface area contributed by atoms with Gasteiger partial charge >= 0.3 is 5.97 Å². The monoisotopic (exact) mass is 565 g/mol. The van der Waals surface area contributed by atoms with E-state index in [4.69, 9.17) is 16.3 Å². The molecule has 9 nitrogen and oxygen atoms in total. The zero-order chi connectivity index (χ0) is 29.2. The van der Waals surface area contributed by atoms with E-state index < -0.39 is 10.0 Å². The van der Waals surface area contributed by atoms with E-state index in [1.54, 1.807) is 26.1 Å². The first-order chi connectivity index (χ1) is 18.9. The van der Waals surface area contributed by atoms with Crippen LogP contribution >= 0.6 is 0 Å². The average molecular weight is 566 g/mol. The third-order valence-electron chi connectivity index (χ3n) is 7.67. The number of rotatable bonds is 8. The Kier molecular flexibility index (Phi) is 8.72. The third kappa shape index (κ3) is 5.79. The second kappa shape index (κ2) is 11.9. The Bertz CT molecular complexity index is 1510. The molecule has 3 aromatic rings. The molecule has 0 aliphatic carbocycles. The Balaban J connectivity index is 1.76. The van der Waals surface area contributed by atoms with Crippen molar-refractivity contribution in [1.82, 2.24) is 4.31 Å². The molecule has 1 atom stereocenters. The van der Waals surface area contributed by atoms with E-state index in [1.165, 1.54) is 9.31 Å². The van der Waals surface area contributed by atoms with Crippen LogP contribution in [0.5, 0.6) is 0 Å². The SMILES string of the molecule is CCOC(=O)CC(c1ccc(C)c(CN2CCN(C)c3ccccc3S2(=O)=O)c1)c1ccc(N(C)N)c(N)c1C. The second-order valence-corrected chi connectivity index (χ2v) is 12.2. The summed E-state index contributed by atoms with van der Waals surface area (Å²) >= 11 is 0. The molecule has 0 saturated heterocycles. The Morgan fingerprint density at radius 3 is 2.52 bits per heavy atom. The lowest BCUT2D eigenvalue weighted by Gasteiger charge is -2.25. The number of benzene rings is 3. The minimum atomic E-state index is -3.72. The number of aryl methyl sites for hydroxylation is 1. The van der Waals surface area contributed by atoms with Crippen LogP contribution in [-0.4, -0.2) is 52.5 Å². The van der Waals surface area contributed by atoms with Crippen molar-refractivity contribution in [3.63, 3.8) is 0 Å². The predicted octanol–water partition coefficient (Wildman–Crippen LogP) is 3.92. The summed E-state index contributed by atoms with van der Waals surface area (Å²) in [5.74, 6) is 5.30. The molecule has 0 spiro atoms. The molecule has 4 N–H and O–H groups in total. The number of hydrogen-bond donors (Lipinski definition) is 2. The van der Waals surface area contributed by atoms with E-state index in [1.807, 2.05) is 68.3 Å². The zero-order valence-corrected chi connectivity index (χ0v) is 24.7. The van der Waals surface area contributed by atoms with Crippen LogP contribution in [0.4, 0.5) is 17.1 Å². The maximum Gasteiger partial charge on any atom is 0.306 e. The topological polar surface area (TPSA) is 122 Å². The van der Waals surface area contributed by atoms with E-state index in [2.05, 4.69) is 0 Å². The third-order valence-corrected chi connectivity index (χ3v) is 9.56. The number of nitrogens with zero attached hydrogens (tertiary/aromatic N) is 3. The largest absolute Gasteiger partial charge is 0.466 e. The van der Waals surface area contributed by atoms with E-state index >= 15 is 0 Å². The molecule has 1 unspecified atom stereocenters. The summed E-state index contributed by atoms with van der Waals surface area (Å²) in [6, 6.07) is 16.9. The number of hydrazine groups is 1. The quantitative estimate of drug-likeness (QED) is 0.182. The molecule has 0 saturated carbocycles. The molecule has 0 fully saturated rings. The summed E-state index contributed by atoms with van der Waals surface area (Å²) < 4.78 is 34.3. The summed E-state index contributed by atoms with van der Waals surface area (Å²) in [4.78, 5) is 15.0. The minimum Gasteiger partial charge on any atom is -0.466 e. The fourth-order valence-electron chi connectivity index (χ4n) is 5.27. The van der Waals surface area contributed by atoms with Gasteiger partial charge in [-0.25, -0.2) is 14.3 Å². The number of nitrogen functional groups attached to an aromatic ring is 1. The van der Waals surface area contributed by atoms with Crippen molar-refractivity contribution in [3.8, 4) is 0 Å². The summed E-state index contributed by atoms with van der Waals surface area (Å²) in [7, 11) is -0.0889. The van der Waals surface area contributed by atoms with Gasteiger partial charge in [0.1, 0.15) is 4.90 Å². The number of anilines is 3. The number of ether oxygens (including phenoxy) is 1. The van der Waals surface area contributed by atoms with Gasteiger partial charge in [0.05, 0.1) is 30.1 Å². The predicted molar refractivity (Wildman–Crippen MR) is 160 cm³/mol. The summed E-state index contributed by atoms with van der Waals surface area (Å²) in [6.45, 7) is 7.10. The number of esters is 1. The number of carbonyl (C=O) groups excluding carboxylic acids is 1. The van der Waals surface area contributed by atoms with Gasteiger partial charge in [0.15, 0.2) is 0 Å². The molecule has 0 bridgehead atoms. The molecule has 214 valence electrons. The van der Waals surface area contributed by atoms with E-state index in [0.29, 0.717) is 35.0 Å². The number of hydrogen-bond acceptors (Lipinski definition) is 8. The number of fused-ring (bicyclic) bond motifs is 1. The molecular weight excluding hydrogens is 526 g/mol. The van der Waals surface area contributed by atoms with Gasteiger partial charge in [-0.05, 0) is 66.8 Å². The first-order valence-electron chi connectivity index (χ1n) is 13.4. The van der Waals surface area contributed by atoms with Gasteiger partial charge in [-0.3, -0.25) is 4.79 Å². The molecule has 40 heavy (non-hydrogen) atoms. The maximum absolute atomic E-state index is 13.7. The normalized spacial score (nSPS) is 15.7. The molecule has 3 aromatic carbocycles. The van der Waals surface area contributed by atoms with Crippen molar-refractivity contribution >= 4 is 33.1 Å². The van der Waals surface area contributed by atoms with Crippen molar-refractivity contribution in [2.75, 3.05) is 49.4 Å². The fourth-order valence-corrected chi connectivity index (χ4v) is 6.92. The van der Waals surface area contributed by atoms with Crippen LogP contribution in [0.15, 0.2) is 59.5 Å². The highest BCUT2D eigenvalue weighted by molar-refractivity contribution is 7.89. The summed E-state index contributed by atoms with van der Waals surface area (Å²) in [5.41, 5.74) is 12.8. The van der Waals surface area contributed by atoms with Gasteiger partial charge in [0, 0.05) is 39.6 Å². The molecule has 4 rings (SSSR count). The van der Waals surface area contributed by atoms with Crippen LogP contribution in [0.3, 0.4) is 0 Å². The Labute approximate surface area is 237 Å². The van der Waals surface area contributed by atoms with E-state index in [-0.39, 0.29) is 31.5 Å². The smallest absolute Gasteiger partial charge is 0.306 e. The Hall–Kier alpha value is -3.60. The Morgan fingerprint density at radius 1 is 1.10 bits per heavy atom. The van der Waals surface area contributed by atoms with E-state index in [0.717, 1.165) is 27.8 Å². The highest BCUT2D eigenvalue weighted by Gasteiger charge is 2.32. The second-order valence-electron chi connectivity index (χ2n) is 10.3. The van der Waals surface area contributed by atoms with Crippen LogP contribution in [0.2, 0.25) is 0 Å². The number of carbonyl (C=O) groups is 1. The molecule has 1 heterocycles. The van der Waals surface area contributed by atoms with Gasteiger partial charge < -0.3 is 20.4 Å². The zero-order valence-electron chi connectivity index (χ0n) is 23.8. The van der Waals surface area contributed by atoms with Crippen molar-refractivity contribution < 1.29 is 17.9 Å². The highest BCUT2D eigenvalue weighted by atomic mass is 32.2. The lowest BCUT2D eigenvalue weighted by molar-refractivity contribution is -0.143. The van der Waals surface area contributed by atoms with Crippen LogP contribution in [0.1, 0.15) is 47.1 Å². The number of para-hydroxylation sites is 1. The summed E-state index contributed by atoms with van der Waals surface area (Å²) in [6.07, 6.45) is 0.120. The first kappa shape index (κ1) is 29.4. The van der Waals surface area contributed by atoms with Crippen molar-refractivity contribution in [2.24, 2.45) is 5.84 Å². The number of sulfonamides is 1. The highest BCUT2D eigenvalue weighted by Crippen LogP contribution is 2.38. The first-order valence-corrected chi connectivity index (χ1v) is 14.8. The summed E-state index contributed by atoms with van der Waals surface area (Å²) in [5, 5.41) is 1.47. The number of likely N-dealkylation sites (N-methyl/N-ethyl adjacent to an activating group) is 1. The van der Waals surface area contributed by atoms with Crippen LogP contribution in [0.25, 0.3) is 0 Å². The standard InChI is InChI=1S/C30H39N5O4S/c1-6-39-29(36)18-25(24-13-14-27(34(5)32)30(31)21(24)3)22-12-11-20(2)23(17-22)19-35-16-15-33(4)26-9-7-8-10-28(26)40(35,37)38/h7-14,17,25H,6,15-16,18-19,31-32H2,1-5H3.